The lowest BCUT2D eigenvalue weighted by atomic mass is 10.7. The van der Waals surface area contributed by atoms with Gasteiger partial charge in [0.1, 0.15) is 4.34 Å². The Labute approximate surface area is 82.1 Å². The highest BCUT2D eigenvalue weighted by Gasteiger charge is 2.07. The third-order valence-corrected chi connectivity index (χ3v) is 4.16. The summed E-state index contributed by atoms with van der Waals surface area (Å²) in [6.07, 6.45) is 0. The average molecular weight is 245 g/mol. The fraction of sp³-hybridized carbons (Fsp3) is 0. The number of rotatable bonds is 2. The molecule has 0 aliphatic heterocycles. The highest BCUT2D eigenvalue weighted by Crippen LogP contribution is 2.31. The molecule has 0 bridgehead atoms. The highest BCUT2D eigenvalue weighted by atomic mass is 35.5. The van der Waals surface area contributed by atoms with Gasteiger partial charge in [-0.25, -0.2) is 0 Å². The van der Waals surface area contributed by atoms with Gasteiger partial charge in [-0.3, -0.25) is 8.42 Å². The molecule has 0 N–H and O–H groups in total. The lowest BCUT2D eigenvalue weighted by Crippen LogP contribution is -1.86. The fourth-order valence-corrected chi connectivity index (χ4v) is 3.23. The molecule has 0 fully saturated rings. The Bertz CT molecular complexity index is 346. The zero-order valence-corrected chi connectivity index (χ0v) is 8.52. The van der Waals surface area contributed by atoms with Gasteiger partial charge in [0.25, 0.3) is 0 Å². The van der Waals surface area contributed by atoms with Gasteiger partial charge < -0.3 is 9.11 Å². The van der Waals surface area contributed by atoms with Gasteiger partial charge in [0, 0.05) is 0 Å². The maximum Gasteiger partial charge on any atom is 0.109 e. The monoisotopic (exact) mass is 244 g/mol. The van der Waals surface area contributed by atoms with Crippen molar-refractivity contribution in [2.45, 2.75) is 9.10 Å². The third kappa shape index (κ3) is 2.12. The molecule has 8 heteroatoms. The van der Waals surface area contributed by atoms with Crippen molar-refractivity contribution < 1.29 is 17.5 Å². The summed E-state index contributed by atoms with van der Waals surface area (Å²) in [6.45, 7) is 0. The van der Waals surface area contributed by atoms with Crippen molar-refractivity contribution in [3.05, 3.63) is 10.4 Å². The van der Waals surface area contributed by atoms with Gasteiger partial charge in [-0.2, -0.15) is 0 Å². The third-order valence-electron chi connectivity index (χ3n) is 0.977. The van der Waals surface area contributed by atoms with E-state index in [0.717, 1.165) is 6.07 Å². The van der Waals surface area contributed by atoms with Crippen molar-refractivity contribution in [3.63, 3.8) is 0 Å². The van der Waals surface area contributed by atoms with Gasteiger partial charge in [0.15, 0.2) is 0 Å². The first-order valence-corrected chi connectivity index (χ1v) is 5.84. The Kier molecular flexibility index (Phi) is 3.38. The van der Waals surface area contributed by atoms with Crippen LogP contribution in [0.4, 0.5) is 0 Å². The first-order valence-electron chi connectivity index (χ1n) is 2.50. The largest absolute Gasteiger partial charge is 0.768 e. The van der Waals surface area contributed by atoms with E-state index in [1.165, 1.54) is 0 Å². The summed E-state index contributed by atoms with van der Waals surface area (Å²) in [6, 6.07) is 1.01. The van der Waals surface area contributed by atoms with E-state index in [2.05, 4.69) is 0 Å². The van der Waals surface area contributed by atoms with Crippen molar-refractivity contribution in [2.75, 3.05) is 0 Å². The van der Waals surface area contributed by atoms with Crippen LogP contribution in [0.5, 0.6) is 0 Å². The topological polar surface area (TPSA) is 80.3 Å². The minimum atomic E-state index is -2.48. The summed E-state index contributed by atoms with van der Waals surface area (Å²) in [4.78, 5) is -0.180. The summed E-state index contributed by atoms with van der Waals surface area (Å²) >= 11 is 1.24. The van der Waals surface area contributed by atoms with Crippen LogP contribution in [-0.4, -0.2) is 17.5 Å². The van der Waals surface area contributed by atoms with E-state index < -0.39 is 22.2 Å². The molecule has 0 aliphatic carbocycles. The Balaban J connectivity index is 3.17. The molecule has 4 nitrogen and oxygen atoms in total. The molecule has 0 aliphatic rings. The van der Waals surface area contributed by atoms with Crippen LogP contribution in [0.25, 0.3) is 0 Å². The molecule has 1 aromatic heterocycles. The second-order valence-electron chi connectivity index (χ2n) is 1.67. The van der Waals surface area contributed by atoms with E-state index in [1.807, 2.05) is 0 Å². The van der Waals surface area contributed by atoms with Gasteiger partial charge >= 0.3 is 0 Å². The van der Waals surface area contributed by atoms with Crippen molar-refractivity contribution in [3.8, 4) is 0 Å². The molecular formula is C4HClO4S3-2. The first-order chi connectivity index (χ1) is 5.52. The van der Waals surface area contributed by atoms with Crippen LogP contribution < -0.4 is 0 Å². The Morgan fingerprint density at radius 2 is 1.92 bits per heavy atom. The van der Waals surface area contributed by atoms with E-state index in [1.54, 1.807) is 0 Å². The van der Waals surface area contributed by atoms with Crippen molar-refractivity contribution >= 4 is 45.1 Å². The van der Waals surface area contributed by atoms with Crippen molar-refractivity contribution in [2.24, 2.45) is 0 Å². The summed E-state index contributed by atoms with van der Waals surface area (Å²) in [7, 11) is 0. The molecule has 68 valence electrons. The van der Waals surface area contributed by atoms with Crippen LogP contribution in [0.1, 0.15) is 0 Å². The molecule has 12 heavy (non-hydrogen) atoms. The quantitative estimate of drug-likeness (QED) is 0.724. The maximum absolute atomic E-state index is 10.4. The molecule has 0 saturated carbocycles. The average Bonchev–Trinajstić information content (AvgIpc) is 2.30. The molecular weight excluding hydrogens is 244 g/mol. The molecule has 0 aromatic carbocycles. The lowest BCUT2D eigenvalue weighted by Gasteiger charge is -2.00. The molecule has 1 aromatic rings. The summed E-state index contributed by atoms with van der Waals surface area (Å²) in [5.74, 6) is 0. The molecule has 2 unspecified atom stereocenters. The first kappa shape index (κ1) is 10.3. The Hall–Kier alpha value is 0.210. The number of hydrogen-bond donors (Lipinski definition) is 0. The van der Waals surface area contributed by atoms with Crippen molar-refractivity contribution in [1.82, 2.24) is 0 Å². The van der Waals surface area contributed by atoms with E-state index >= 15 is 0 Å². The zero-order valence-electron chi connectivity index (χ0n) is 5.31. The van der Waals surface area contributed by atoms with E-state index in [-0.39, 0.29) is 13.4 Å². The van der Waals surface area contributed by atoms with E-state index in [0.29, 0.717) is 11.3 Å². The van der Waals surface area contributed by atoms with Gasteiger partial charge in [0.2, 0.25) is 0 Å². The standard InChI is InChI=1S/C4H3ClO4S3/c5-4-2(11(6)7)1-3(10-4)12(8)9/h1H,(H,6,7)(H,8,9)/p-2. The molecule has 0 radical (unpaired) electrons. The maximum atomic E-state index is 10.4. The van der Waals surface area contributed by atoms with E-state index in [9.17, 15) is 17.5 Å². The minimum absolute atomic E-state index is 0.0393. The van der Waals surface area contributed by atoms with Crippen LogP contribution in [0, 0.1) is 0 Å². The number of halogens is 1. The minimum Gasteiger partial charge on any atom is -0.768 e. The smallest absolute Gasteiger partial charge is 0.109 e. The summed E-state index contributed by atoms with van der Waals surface area (Å²) < 4.78 is 41.3. The van der Waals surface area contributed by atoms with Crippen LogP contribution in [0.2, 0.25) is 4.34 Å². The summed E-state index contributed by atoms with van der Waals surface area (Å²) in [5.41, 5.74) is 0. The normalized spacial score (nSPS) is 15.9. The van der Waals surface area contributed by atoms with Gasteiger partial charge in [-0.15, -0.1) is 11.3 Å². The molecule has 2 atom stereocenters. The Morgan fingerprint density at radius 1 is 1.33 bits per heavy atom. The SMILES string of the molecule is O=S([O-])c1cc(S(=O)[O-])c(Cl)s1. The second kappa shape index (κ2) is 3.95. The van der Waals surface area contributed by atoms with E-state index in [4.69, 9.17) is 11.6 Å². The lowest BCUT2D eigenvalue weighted by molar-refractivity contribution is 0.537. The molecule has 1 heterocycles. The van der Waals surface area contributed by atoms with Crippen LogP contribution in [0.15, 0.2) is 15.2 Å². The molecule has 0 amide bonds. The molecule has 0 saturated heterocycles. The van der Waals surface area contributed by atoms with Crippen molar-refractivity contribution in [1.29, 1.82) is 0 Å². The second-order valence-corrected chi connectivity index (χ2v) is 5.40. The van der Waals surface area contributed by atoms with Crippen LogP contribution in [-0.2, 0) is 22.2 Å². The molecule has 1 rings (SSSR count). The number of thiophene rings is 1. The zero-order chi connectivity index (χ0) is 9.30. The predicted octanol–water partition coefficient (Wildman–Crippen LogP) is 0.878. The predicted molar refractivity (Wildman–Crippen MR) is 43.7 cm³/mol. The molecule has 0 spiro atoms. The van der Waals surface area contributed by atoms with Crippen LogP contribution in [0.3, 0.4) is 0 Å². The van der Waals surface area contributed by atoms with Crippen LogP contribution >= 0.6 is 22.9 Å². The summed E-state index contributed by atoms with van der Waals surface area (Å²) in [5, 5.41) is 0. The van der Waals surface area contributed by atoms with Gasteiger partial charge in [0.05, 0.1) is 9.10 Å². The van der Waals surface area contributed by atoms with Gasteiger partial charge in [-0.1, -0.05) is 11.6 Å². The highest BCUT2D eigenvalue weighted by molar-refractivity contribution is 7.82. The fourth-order valence-electron chi connectivity index (χ4n) is 0.528. The number of hydrogen-bond acceptors (Lipinski definition) is 5. The van der Waals surface area contributed by atoms with Gasteiger partial charge in [-0.05, 0) is 28.2 Å². The Morgan fingerprint density at radius 3 is 2.17 bits per heavy atom.